The second-order valence-corrected chi connectivity index (χ2v) is 12.7. The van der Waals surface area contributed by atoms with Gasteiger partial charge in [-0.1, -0.05) is 127 Å². The van der Waals surface area contributed by atoms with Gasteiger partial charge in [-0.3, -0.25) is 8.80 Å². The topological polar surface area (TPSA) is 47.5 Å². The van der Waals surface area contributed by atoms with Crippen molar-refractivity contribution in [2.75, 3.05) is 0 Å². The minimum atomic E-state index is 0.932. The quantitative estimate of drug-likeness (QED) is 0.197. The number of nitrogens with zero attached hydrogens (tertiary/aromatic N) is 5. The maximum absolute atomic E-state index is 5.20. The van der Waals surface area contributed by atoms with Crippen molar-refractivity contribution in [1.82, 2.24) is 23.8 Å². The van der Waals surface area contributed by atoms with E-state index in [2.05, 4.69) is 136 Å². The van der Waals surface area contributed by atoms with Gasteiger partial charge >= 0.3 is 0 Å². The number of imidazole rings is 2. The largest absolute Gasteiger partial charge is 0.299 e. The molecule has 0 unspecified atom stereocenters. The number of rotatable bonds is 4. The van der Waals surface area contributed by atoms with E-state index in [1.807, 2.05) is 24.3 Å². The molecule has 5 heterocycles. The molecule has 220 valence electrons. The number of aromatic nitrogens is 5. The highest BCUT2D eigenvalue weighted by Gasteiger charge is 2.20. The number of hydrogen-bond acceptors (Lipinski definition) is 4. The fourth-order valence-electron chi connectivity index (χ4n) is 6.79. The third-order valence-corrected chi connectivity index (χ3v) is 10.0. The second-order valence-electron chi connectivity index (χ2n) is 11.7. The zero-order chi connectivity index (χ0) is 30.9. The Labute approximate surface area is 273 Å². The monoisotopic (exact) mass is 619 g/mol. The van der Waals surface area contributed by atoms with E-state index in [4.69, 9.17) is 15.0 Å². The van der Waals surface area contributed by atoms with Crippen LogP contribution in [-0.4, -0.2) is 23.8 Å². The van der Waals surface area contributed by atoms with E-state index in [0.717, 1.165) is 83.0 Å². The molecule has 5 nitrogen and oxygen atoms in total. The first-order valence-corrected chi connectivity index (χ1v) is 16.4. The van der Waals surface area contributed by atoms with Crippen molar-refractivity contribution in [1.29, 1.82) is 0 Å². The molecule has 0 aliphatic rings. The summed E-state index contributed by atoms with van der Waals surface area (Å²) < 4.78 is 5.68. The van der Waals surface area contributed by atoms with Gasteiger partial charge in [-0.15, -0.1) is 0 Å². The normalized spacial score (nSPS) is 11.8. The van der Waals surface area contributed by atoms with Crippen molar-refractivity contribution in [2.24, 2.45) is 0 Å². The predicted molar refractivity (Wildman–Crippen MR) is 194 cm³/mol. The van der Waals surface area contributed by atoms with Crippen LogP contribution in [0, 0.1) is 0 Å². The SMILES string of the molecule is c1ccc(-c2nc3ccccn3c2-c2ccc(-c3ccc4sc5nc6c7ccccc7nc(-c7ccccc7)c6n5c4c3)cc2)cc1. The molecule has 0 fully saturated rings. The van der Waals surface area contributed by atoms with Crippen LogP contribution in [0.3, 0.4) is 0 Å². The fraction of sp³-hybridized carbons (Fsp3) is 0. The maximum Gasteiger partial charge on any atom is 0.195 e. The van der Waals surface area contributed by atoms with Gasteiger partial charge in [0.15, 0.2) is 4.96 Å². The van der Waals surface area contributed by atoms with Crippen LogP contribution in [0.2, 0.25) is 0 Å². The summed E-state index contributed by atoms with van der Waals surface area (Å²) in [7, 11) is 0. The van der Waals surface area contributed by atoms with Gasteiger partial charge in [-0.2, -0.15) is 0 Å². The summed E-state index contributed by atoms with van der Waals surface area (Å²) in [6.07, 6.45) is 2.09. The Hall–Kier alpha value is -6.11. The minimum absolute atomic E-state index is 0.932. The first-order valence-electron chi connectivity index (χ1n) is 15.6. The second kappa shape index (κ2) is 10.2. The molecule has 0 bridgehead atoms. The van der Waals surface area contributed by atoms with Gasteiger partial charge in [0, 0.05) is 28.3 Å². The van der Waals surface area contributed by atoms with Crippen molar-refractivity contribution in [2.45, 2.75) is 0 Å². The van der Waals surface area contributed by atoms with Crippen LogP contribution in [0.4, 0.5) is 0 Å². The highest BCUT2D eigenvalue weighted by atomic mass is 32.1. The molecular formula is C41H25N5S. The van der Waals surface area contributed by atoms with Crippen LogP contribution in [0.25, 0.3) is 87.7 Å². The van der Waals surface area contributed by atoms with Crippen molar-refractivity contribution in [3.8, 4) is 44.9 Å². The summed E-state index contributed by atoms with van der Waals surface area (Å²) in [4.78, 5) is 16.4. The first kappa shape index (κ1) is 26.1. The molecule has 5 aromatic carbocycles. The van der Waals surface area contributed by atoms with E-state index in [-0.39, 0.29) is 0 Å². The van der Waals surface area contributed by atoms with Crippen LogP contribution in [-0.2, 0) is 0 Å². The fourth-order valence-corrected chi connectivity index (χ4v) is 7.79. The van der Waals surface area contributed by atoms with Gasteiger partial charge in [0.25, 0.3) is 0 Å². The minimum Gasteiger partial charge on any atom is -0.299 e. The van der Waals surface area contributed by atoms with Crippen molar-refractivity contribution in [3.05, 3.63) is 152 Å². The van der Waals surface area contributed by atoms with Gasteiger partial charge in [0.05, 0.1) is 32.8 Å². The van der Waals surface area contributed by atoms with E-state index in [9.17, 15) is 0 Å². The molecule has 0 radical (unpaired) electrons. The third kappa shape index (κ3) is 4.05. The van der Waals surface area contributed by atoms with Gasteiger partial charge in [-0.05, 0) is 41.5 Å². The smallest absolute Gasteiger partial charge is 0.195 e. The lowest BCUT2D eigenvalue weighted by molar-refractivity contribution is 1.19. The number of para-hydroxylation sites is 1. The molecule has 5 aromatic heterocycles. The van der Waals surface area contributed by atoms with Crippen LogP contribution in [0.15, 0.2) is 152 Å². The standard InChI is InChI=1S/C41H25N5S/c1-3-11-27(12-4-1)36-39(45-24-10-9-17-35(45)43-36)29-20-18-26(19-21-29)30-22-23-34-33(25-30)46-40-37(28-13-5-2-6-14-28)42-32-16-8-7-15-31(32)38(40)44-41(46)47-34/h1-25H. The van der Waals surface area contributed by atoms with Crippen LogP contribution in [0.5, 0.6) is 0 Å². The number of pyridine rings is 2. The predicted octanol–water partition coefficient (Wildman–Crippen LogP) is 10.6. The summed E-state index contributed by atoms with van der Waals surface area (Å²) in [6.45, 7) is 0. The maximum atomic E-state index is 5.20. The number of thiazole rings is 1. The van der Waals surface area contributed by atoms with Crippen molar-refractivity contribution in [3.63, 3.8) is 0 Å². The molecule has 0 aliphatic heterocycles. The van der Waals surface area contributed by atoms with E-state index in [1.54, 1.807) is 11.3 Å². The summed E-state index contributed by atoms with van der Waals surface area (Å²) in [5.74, 6) is 0. The average Bonchev–Trinajstić information content (AvgIpc) is 3.82. The Balaban J connectivity index is 1.15. The molecule has 10 rings (SSSR count). The summed E-state index contributed by atoms with van der Waals surface area (Å²) in [5, 5.41) is 1.07. The molecule has 0 atom stereocenters. The Kier molecular flexibility index (Phi) is 5.68. The molecular weight excluding hydrogens is 595 g/mol. The average molecular weight is 620 g/mol. The molecule has 47 heavy (non-hydrogen) atoms. The van der Waals surface area contributed by atoms with E-state index in [0.29, 0.717) is 0 Å². The molecule has 0 spiro atoms. The summed E-state index contributed by atoms with van der Waals surface area (Å²) in [6, 6.07) is 50.9. The van der Waals surface area contributed by atoms with E-state index >= 15 is 0 Å². The third-order valence-electron chi connectivity index (χ3n) is 8.98. The number of hydrogen-bond donors (Lipinski definition) is 0. The molecule has 0 aliphatic carbocycles. The summed E-state index contributed by atoms with van der Waals surface area (Å²) >= 11 is 1.72. The zero-order valence-corrected chi connectivity index (χ0v) is 25.9. The van der Waals surface area contributed by atoms with Gasteiger partial charge < -0.3 is 0 Å². The molecule has 0 N–H and O–H groups in total. The molecule has 0 amide bonds. The molecule has 6 heteroatoms. The molecule has 0 saturated heterocycles. The lowest BCUT2D eigenvalue weighted by atomic mass is 10.0. The van der Waals surface area contributed by atoms with E-state index in [1.165, 1.54) is 4.70 Å². The highest BCUT2D eigenvalue weighted by Crippen LogP contribution is 2.39. The Morgan fingerprint density at radius 1 is 0.511 bits per heavy atom. The van der Waals surface area contributed by atoms with Crippen LogP contribution < -0.4 is 0 Å². The van der Waals surface area contributed by atoms with Crippen molar-refractivity contribution >= 4 is 54.1 Å². The Bertz CT molecular complexity index is 2770. The zero-order valence-electron chi connectivity index (χ0n) is 25.1. The molecule has 10 aromatic rings. The Morgan fingerprint density at radius 3 is 2.00 bits per heavy atom. The van der Waals surface area contributed by atoms with Crippen LogP contribution >= 0.6 is 11.3 Å². The van der Waals surface area contributed by atoms with Crippen LogP contribution in [0.1, 0.15) is 0 Å². The first-order chi connectivity index (χ1) is 23.3. The van der Waals surface area contributed by atoms with E-state index < -0.39 is 0 Å². The lowest BCUT2D eigenvalue weighted by Crippen LogP contribution is -1.92. The molecule has 0 saturated carbocycles. The summed E-state index contributed by atoms with van der Waals surface area (Å²) in [5.41, 5.74) is 13.7. The van der Waals surface area contributed by atoms with Gasteiger partial charge in [0.2, 0.25) is 0 Å². The van der Waals surface area contributed by atoms with Gasteiger partial charge in [0.1, 0.15) is 16.7 Å². The van der Waals surface area contributed by atoms with Crippen molar-refractivity contribution < 1.29 is 0 Å². The highest BCUT2D eigenvalue weighted by molar-refractivity contribution is 7.23. The Morgan fingerprint density at radius 2 is 1.19 bits per heavy atom. The number of fused-ring (bicyclic) bond motifs is 8. The number of benzene rings is 5. The lowest BCUT2D eigenvalue weighted by Gasteiger charge is -2.09. The van der Waals surface area contributed by atoms with Gasteiger partial charge in [-0.25, -0.2) is 15.0 Å².